The van der Waals surface area contributed by atoms with Gasteiger partial charge in [0.15, 0.2) is 0 Å². The van der Waals surface area contributed by atoms with Crippen molar-refractivity contribution in [1.29, 1.82) is 0 Å². The molecule has 0 aromatic heterocycles. The van der Waals surface area contributed by atoms with Crippen molar-refractivity contribution in [3.63, 3.8) is 0 Å². The van der Waals surface area contributed by atoms with Crippen LogP contribution in [0, 0.1) is 29.0 Å². The number of hydrogen-bond donors (Lipinski definition) is 0. The first-order valence-electron chi connectivity index (χ1n) is 14.5. The highest BCUT2D eigenvalue weighted by Crippen LogP contribution is 2.58. The van der Waals surface area contributed by atoms with Gasteiger partial charge in [0.1, 0.15) is 11.7 Å². The first kappa shape index (κ1) is 22.8. The van der Waals surface area contributed by atoms with Gasteiger partial charge in [0.25, 0.3) is 0 Å². The molecule has 2 heterocycles. The van der Waals surface area contributed by atoms with Gasteiger partial charge in [-0.05, 0) is 119 Å². The van der Waals surface area contributed by atoms with Gasteiger partial charge < -0.3 is 0 Å². The van der Waals surface area contributed by atoms with E-state index < -0.39 is 0 Å². The average Bonchev–Trinajstić information content (AvgIpc) is 3.06. The molecule has 5 heteroatoms. The van der Waals surface area contributed by atoms with Crippen LogP contribution >= 0.6 is 12.2 Å². The van der Waals surface area contributed by atoms with Crippen LogP contribution in [0.3, 0.4) is 0 Å². The lowest BCUT2D eigenvalue weighted by atomic mass is 9.53. The monoisotopic (exact) mass is 493 g/mol. The zero-order chi connectivity index (χ0) is 23.6. The van der Waals surface area contributed by atoms with Crippen LogP contribution < -0.4 is 4.90 Å². The molecule has 5 saturated carbocycles. The second-order valence-electron chi connectivity index (χ2n) is 12.9. The van der Waals surface area contributed by atoms with Gasteiger partial charge in [0.2, 0.25) is 0 Å². The summed E-state index contributed by atoms with van der Waals surface area (Å²) in [6.45, 7) is 2.32. The Morgan fingerprint density at radius 3 is 1.97 bits per heavy atom. The van der Waals surface area contributed by atoms with Crippen LogP contribution in [-0.4, -0.2) is 40.4 Å². The number of likely N-dealkylation sites (tertiary alicyclic amines) is 1. The molecule has 188 valence electrons. The molecule has 35 heavy (non-hydrogen) atoms. The fourth-order valence-electron chi connectivity index (χ4n) is 9.57. The zero-order valence-corrected chi connectivity index (χ0v) is 21.9. The van der Waals surface area contributed by atoms with Crippen molar-refractivity contribution in [1.82, 2.24) is 4.90 Å². The Balaban J connectivity index is 1.38. The highest BCUT2D eigenvalue weighted by Gasteiger charge is 2.59. The third-order valence-electron chi connectivity index (χ3n) is 10.6. The Hall–Kier alpha value is -1.33. The van der Waals surface area contributed by atoms with Gasteiger partial charge in [0.05, 0.1) is 16.6 Å². The summed E-state index contributed by atoms with van der Waals surface area (Å²) < 4.78 is 14.0. The van der Waals surface area contributed by atoms with Gasteiger partial charge in [-0.3, -0.25) is 14.8 Å². The maximum Gasteiger partial charge on any atom is 0.127 e. The van der Waals surface area contributed by atoms with Crippen molar-refractivity contribution in [2.75, 3.05) is 18.0 Å². The summed E-state index contributed by atoms with van der Waals surface area (Å²) in [7, 11) is 0. The molecule has 1 aromatic rings. The van der Waals surface area contributed by atoms with E-state index in [0.717, 1.165) is 41.5 Å². The number of thiocarbonyl (C=S) groups is 1. The maximum absolute atomic E-state index is 14.0. The van der Waals surface area contributed by atoms with E-state index >= 15 is 0 Å². The summed E-state index contributed by atoms with van der Waals surface area (Å²) in [5, 5.41) is 0. The molecule has 0 N–H and O–H groups in total. The highest BCUT2D eigenvalue weighted by atomic mass is 32.1. The summed E-state index contributed by atoms with van der Waals surface area (Å²) in [5.41, 5.74) is 1.12. The smallest absolute Gasteiger partial charge is 0.127 e. The molecule has 7 fully saturated rings. The number of rotatable bonds is 3. The molecule has 0 amide bonds. The van der Waals surface area contributed by atoms with E-state index in [2.05, 4.69) is 9.80 Å². The van der Waals surface area contributed by atoms with Gasteiger partial charge >= 0.3 is 0 Å². The van der Waals surface area contributed by atoms with Crippen molar-refractivity contribution in [3.05, 3.63) is 30.1 Å². The predicted molar refractivity (Wildman–Crippen MR) is 145 cm³/mol. The molecule has 3 nitrogen and oxygen atoms in total. The van der Waals surface area contributed by atoms with E-state index in [1.54, 1.807) is 12.1 Å². The van der Waals surface area contributed by atoms with E-state index in [-0.39, 0.29) is 22.8 Å². The Morgan fingerprint density at radius 1 is 0.800 bits per heavy atom. The molecule has 2 aliphatic heterocycles. The summed E-state index contributed by atoms with van der Waals surface area (Å²) in [6.07, 6.45) is 18.2. The van der Waals surface area contributed by atoms with Gasteiger partial charge in [-0.2, -0.15) is 0 Å². The third kappa shape index (κ3) is 3.74. The Bertz CT molecular complexity index is 970. The standard InChI is InChI=1S/C30H40FN3S/c31-24-7-9-25(10-8-24)34-27(32-29-18-21-15-22(19-29)17-23(16-21)20-29)26(33-13-5-2-6-14-33)30(28(34)35)11-3-1-4-12-30/h7-10,21-23,26H,1-6,11-20H2. The summed E-state index contributed by atoms with van der Waals surface area (Å²) >= 11 is 6.44. The molecule has 8 rings (SSSR count). The number of anilines is 1. The van der Waals surface area contributed by atoms with Crippen molar-refractivity contribution >= 4 is 28.7 Å². The summed E-state index contributed by atoms with van der Waals surface area (Å²) in [6, 6.07) is 7.36. The normalized spacial score (nSPS) is 39.7. The number of piperidine rings is 1. The fraction of sp³-hybridized carbons (Fsp3) is 0.733. The van der Waals surface area contributed by atoms with Gasteiger partial charge in [-0.1, -0.05) is 37.9 Å². The Kier molecular flexibility index (Phi) is 5.62. The lowest BCUT2D eigenvalue weighted by Crippen LogP contribution is -2.54. The second kappa shape index (κ2) is 8.62. The van der Waals surface area contributed by atoms with E-state index in [0.29, 0.717) is 0 Å². The van der Waals surface area contributed by atoms with Crippen LogP contribution in [0.15, 0.2) is 29.3 Å². The molecule has 1 aromatic carbocycles. The minimum absolute atomic E-state index is 0.000434. The molecule has 1 atom stereocenters. The lowest BCUT2D eigenvalue weighted by Gasteiger charge is -2.55. The van der Waals surface area contributed by atoms with Crippen LogP contribution in [0.2, 0.25) is 0 Å². The number of amidine groups is 1. The van der Waals surface area contributed by atoms with Crippen molar-refractivity contribution in [2.24, 2.45) is 28.2 Å². The number of halogens is 1. The van der Waals surface area contributed by atoms with Crippen LogP contribution in [-0.2, 0) is 0 Å². The SMILES string of the molecule is Fc1ccc(N2C(=S)C3(CCCCC3)C(N3CCCCC3)C2=NC23CC4CC(CC(C4)C2)C3)cc1. The van der Waals surface area contributed by atoms with Gasteiger partial charge in [-0.15, -0.1) is 0 Å². The Labute approximate surface area is 215 Å². The van der Waals surface area contributed by atoms with Crippen molar-refractivity contribution < 1.29 is 4.39 Å². The average molecular weight is 494 g/mol. The summed E-state index contributed by atoms with van der Waals surface area (Å²) in [5.74, 6) is 3.66. The highest BCUT2D eigenvalue weighted by molar-refractivity contribution is 7.80. The number of benzene rings is 1. The summed E-state index contributed by atoms with van der Waals surface area (Å²) in [4.78, 5) is 12.1. The predicted octanol–water partition coefficient (Wildman–Crippen LogP) is 7.15. The molecule has 0 radical (unpaired) electrons. The molecule has 7 aliphatic rings. The first-order chi connectivity index (χ1) is 17.1. The molecule has 2 saturated heterocycles. The van der Waals surface area contributed by atoms with E-state index in [1.807, 2.05) is 12.1 Å². The molecule has 1 unspecified atom stereocenters. The molecular formula is C30H40FN3S. The van der Waals surface area contributed by atoms with Crippen molar-refractivity contribution in [3.8, 4) is 0 Å². The zero-order valence-electron chi connectivity index (χ0n) is 21.1. The third-order valence-corrected chi connectivity index (χ3v) is 11.2. The van der Waals surface area contributed by atoms with Crippen LogP contribution in [0.25, 0.3) is 0 Å². The first-order valence-corrected chi connectivity index (χ1v) is 14.9. The minimum Gasteiger partial charge on any atom is -0.293 e. The molecule has 5 aliphatic carbocycles. The van der Waals surface area contributed by atoms with E-state index in [9.17, 15) is 4.39 Å². The van der Waals surface area contributed by atoms with E-state index in [1.165, 1.54) is 95.7 Å². The number of hydrogen-bond acceptors (Lipinski definition) is 3. The second-order valence-corrected chi connectivity index (χ2v) is 13.3. The number of aliphatic imine (C=N–C) groups is 1. The van der Waals surface area contributed by atoms with Gasteiger partial charge in [-0.25, -0.2) is 4.39 Å². The lowest BCUT2D eigenvalue weighted by molar-refractivity contribution is 0.000981. The largest absolute Gasteiger partial charge is 0.293 e. The van der Waals surface area contributed by atoms with E-state index in [4.69, 9.17) is 17.2 Å². The molecular weight excluding hydrogens is 453 g/mol. The maximum atomic E-state index is 14.0. The topological polar surface area (TPSA) is 18.8 Å². The van der Waals surface area contributed by atoms with Crippen LogP contribution in [0.4, 0.5) is 10.1 Å². The fourth-order valence-corrected chi connectivity index (χ4v) is 10.1. The van der Waals surface area contributed by atoms with Crippen LogP contribution in [0.1, 0.15) is 89.9 Å². The van der Waals surface area contributed by atoms with Crippen molar-refractivity contribution in [2.45, 2.75) is 101 Å². The Morgan fingerprint density at radius 2 is 1.37 bits per heavy atom. The van der Waals surface area contributed by atoms with Crippen LogP contribution in [0.5, 0.6) is 0 Å². The minimum atomic E-state index is -0.182. The molecule has 4 bridgehead atoms. The van der Waals surface area contributed by atoms with Gasteiger partial charge in [0, 0.05) is 11.1 Å². The number of nitrogens with zero attached hydrogens (tertiary/aromatic N) is 3. The molecule has 1 spiro atoms. The quantitative estimate of drug-likeness (QED) is 0.417.